The van der Waals surface area contributed by atoms with Gasteiger partial charge in [0.25, 0.3) is 0 Å². The Kier molecular flexibility index (Phi) is 4.61. The largest absolute Gasteiger partial charge is 0.444 e. The van der Waals surface area contributed by atoms with Crippen molar-refractivity contribution >= 4 is 23.4 Å². The van der Waals surface area contributed by atoms with Crippen LogP contribution in [0.1, 0.15) is 45.1 Å². The van der Waals surface area contributed by atoms with Crippen molar-refractivity contribution in [1.82, 2.24) is 9.88 Å². The zero-order chi connectivity index (χ0) is 15.6. The van der Waals surface area contributed by atoms with E-state index < -0.39 is 5.60 Å². The highest BCUT2D eigenvalue weighted by molar-refractivity contribution is 6.30. The number of aromatic nitrogens is 1. The van der Waals surface area contributed by atoms with E-state index in [0.717, 1.165) is 18.4 Å². The Bertz CT molecular complexity index is 500. The van der Waals surface area contributed by atoms with E-state index in [-0.39, 0.29) is 12.0 Å². The van der Waals surface area contributed by atoms with Gasteiger partial charge >= 0.3 is 6.09 Å². The fourth-order valence-electron chi connectivity index (χ4n) is 2.54. The summed E-state index contributed by atoms with van der Waals surface area (Å²) in [5.74, 6) is 0.241. The van der Waals surface area contributed by atoms with E-state index >= 15 is 0 Å². The molecule has 0 radical (unpaired) electrons. The maximum Gasteiger partial charge on any atom is 0.410 e. The molecule has 0 aliphatic carbocycles. The molecule has 0 bridgehead atoms. The first kappa shape index (κ1) is 15.9. The van der Waals surface area contributed by atoms with Crippen LogP contribution in [-0.4, -0.2) is 34.7 Å². The number of rotatable bonds is 1. The first-order valence-electron chi connectivity index (χ1n) is 7.16. The van der Waals surface area contributed by atoms with Crippen LogP contribution in [0, 0.1) is 0 Å². The number of hydrogen-bond acceptors (Lipinski definition) is 4. The number of nitrogen functional groups attached to an aromatic ring is 1. The fourth-order valence-corrected chi connectivity index (χ4v) is 2.86. The molecule has 1 aliphatic heterocycles. The van der Waals surface area contributed by atoms with Crippen LogP contribution in [0.4, 0.5) is 10.5 Å². The number of halogens is 1. The summed E-state index contributed by atoms with van der Waals surface area (Å²) in [6.07, 6.45) is 2.98. The lowest BCUT2D eigenvalue weighted by molar-refractivity contribution is 0.0205. The average molecular weight is 312 g/mol. The number of pyridine rings is 1. The zero-order valence-electron chi connectivity index (χ0n) is 12.7. The molecule has 0 saturated carbocycles. The van der Waals surface area contributed by atoms with Gasteiger partial charge in [0.05, 0.1) is 0 Å². The number of carbonyl (C=O) groups excluding carboxylic acids is 1. The lowest BCUT2D eigenvalue weighted by atomic mass is 9.89. The van der Waals surface area contributed by atoms with Gasteiger partial charge in [0.1, 0.15) is 10.8 Å². The molecule has 2 rings (SSSR count). The predicted octanol–water partition coefficient (Wildman–Crippen LogP) is 3.43. The summed E-state index contributed by atoms with van der Waals surface area (Å²) in [6.45, 7) is 6.89. The Morgan fingerprint density at radius 2 is 2.05 bits per heavy atom. The molecular formula is C15H22ClN3O2. The van der Waals surface area contributed by atoms with E-state index in [2.05, 4.69) is 4.98 Å². The number of hydrogen-bond donors (Lipinski definition) is 1. The lowest BCUT2D eigenvalue weighted by Gasteiger charge is -2.34. The average Bonchev–Trinajstić information content (AvgIpc) is 2.37. The minimum atomic E-state index is -0.467. The minimum absolute atomic E-state index is 0.241. The Hall–Kier alpha value is -1.49. The topological polar surface area (TPSA) is 68.5 Å². The second-order valence-corrected chi connectivity index (χ2v) is 6.70. The molecule has 0 spiro atoms. The highest BCUT2D eigenvalue weighted by Crippen LogP contribution is 2.35. The lowest BCUT2D eigenvalue weighted by Crippen LogP contribution is -2.41. The first-order valence-corrected chi connectivity index (χ1v) is 7.53. The van der Waals surface area contributed by atoms with Gasteiger partial charge < -0.3 is 15.4 Å². The third kappa shape index (κ3) is 4.00. The van der Waals surface area contributed by atoms with Crippen LogP contribution in [0.25, 0.3) is 0 Å². The molecule has 2 heterocycles. The van der Waals surface area contributed by atoms with Crippen LogP contribution in [-0.2, 0) is 4.74 Å². The maximum atomic E-state index is 12.0. The van der Waals surface area contributed by atoms with Crippen LogP contribution in [0.15, 0.2) is 12.3 Å². The Labute approximate surface area is 130 Å². The second-order valence-electron chi connectivity index (χ2n) is 6.35. The fraction of sp³-hybridized carbons (Fsp3) is 0.600. The van der Waals surface area contributed by atoms with Crippen LogP contribution in [0.5, 0.6) is 0 Å². The second kappa shape index (κ2) is 6.10. The number of anilines is 1. The number of likely N-dealkylation sites (tertiary alicyclic amines) is 1. The summed E-state index contributed by atoms with van der Waals surface area (Å²) in [7, 11) is 0. The predicted molar refractivity (Wildman–Crippen MR) is 83.4 cm³/mol. The molecule has 21 heavy (non-hydrogen) atoms. The SMILES string of the molecule is CC(C)(C)OC(=O)N1CCC(c2c(N)ccnc2Cl)CC1. The Morgan fingerprint density at radius 3 is 2.57 bits per heavy atom. The number of ether oxygens (including phenoxy) is 1. The van der Waals surface area contributed by atoms with Gasteiger partial charge in [-0.05, 0) is 45.6 Å². The molecule has 6 heteroatoms. The van der Waals surface area contributed by atoms with Crippen molar-refractivity contribution in [3.05, 3.63) is 23.0 Å². The molecule has 1 saturated heterocycles. The van der Waals surface area contributed by atoms with Crippen molar-refractivity contribution in [1.29, 1.82) is 0 Å². The van der Waals surface area contributed by atoms with Crippen molar-refractivity contribution in [2.75, 3.05) is 18.8 Å². The van der Waals surface area contributed by atoms with Gasteiger partial charge in [0.15, 0.2) is 0 Å². The van der Waals surface area contributed by atoms with Gasteiger partial charge in [0.2, 0.25) is 0 Å². The van der Waals surface area contributed by atoms with E-state index in [1.807, 2.05) is 20.8 Å². The van der Waals surface area contributed by atoms with Crippen molar-refractivity contribution in [3.63, 3.8) is 0 Å². The molecule has 0 unspecified atom stereocenters. The maximum absolute atomic E-state index is 12.0. The number of nitrogens with zero attached hydrogens (tertiary/aromatic N) is 2. The molecule has 5 nitrogen and oxygen atoms in total. The molecular weight excluding hydrogens is 290 g/mol. The summed E-state index contributed by atoms with van der Waals surface area (Å²) in [4.78, 5) is 17.9. The molecule has 1 fully saturated rings. The van der Waals surface area contributed by atoms with Crippen molar-refractivity contribution in [3.8, 4) is 0 Å². The summed E-state index contributed by atoms with van der Waals surface area (Å²) in [5, 5.41) is 0.464. The van der Waals surface area contributed by atoms with E-state index in [9.17, 15) is 4.79 Å². The first-order chi connectivity index (χ1) is 9.78. The molecule has 2 N–H and O–H groups in total. The zero-order valence-corrected chi connectivity index (χ0v) is 13.5. The van der Waals surface area contributed by atoms with Crippen molar-refractivity contribution < 1.29 is 9.53 Å². The van der Waals surface area contributed by atoms with Crippen LogP contribution in [0.3, 0.4) is 0 Å². The summed E-state index contributed by atoms with van der Waals surface area (Å²) in [5.41, 5.74) is 7.11. The monoisotopic (exact) mass is 311 g/mol. The number of carbonyl (C=O) groups is 1. The van der Waals surface area contributed by atoms with Gasteiger partial charge in [-0.25, -0.2) is 9.78 Å². The van der Waals surface area contributed by atoms with Gasteiger partial charge in [-0.3, -0.25) is 0 Å². The highest BCUT2D eigenvalue weighted by atomic mass is 35.5. The highest BCUT2D eigenvalue weighted by Gasteiger charge is 2.29. The summed E-state index contributed by atoms with van der Waals surface area (Å²) < 4.78 is 5.39. The minimum Gasteiger partial charge on any atom is -0.444 e. The third-order valence-corrected chi connectivity index (χ3v) is 3.83. The van der Waals surface area contributed by atoms with Gasteiger partial charge in [0, 0.05) is 30.5 Å². The quantitative estimate of drug-likeness (QED) is 0.807. The van der Waals surface area contributed by atoms with Crippen LogP contribution in [0.2, 0.25) is 5.15 Å². The standard InChI is InChI=1S/C15H22ClN3O2/c1-15(2,3)21-14(20)19-8-5-10(6-9-19)12-11(17)4-7-18-13(12)16/h4,7,10H,5-6,8-9H2,1-3H3,(H2,17,18). The van der Waals surface area contributed by atoms with E-state index in [0.29, 0.717) is 23.9 Å². The summed E-state index contributed by atoms with van der Waals surface area (Å²) >= 11 is 6.15. The van der Waals surface area contributed by atoms with Crippen molar-refractivity contribution in [2.24, 2.45) is 0 Å². The molecule has 1 aliphatic rings. The number of amides is 1. The number of nitrogens with two attached hydrogens (primary N) is 1. The number of piperidine rings is 1. The third-order valence-electron chi connectivity index (χ3n) is 3.53. The molecule has 1 aromatic heterocycles. The van der Waals surface area contributed by atoms with Crippen LogP contribution >= 0.6 is 11.6 Å². The van der Waals surface area contributed by atoms with E-state index in [4.69, 9.17) is 22.1 Å². The molecule has 0 aromatic carbocycles. The molecule has 0 atom stereocenters. The van der Waals surface area contributed by atoms with Gasteiger partial charge in [-0.2, -0.15) is 0 Å². The smallest absolute Gasteiger partial charge is 0.410 e. The molecule has 116 valence electrons. The van der Waals surface area contributed by atoms with E-state index in [1.165, 1.54) is 0 Å². The van der Waals surface area contributed by atoms with Gasteiger partial charge in [-0.15, -0.1) is 0 Å². The normalized spacial score (nSPS) is 16.9. The molecule has 1 amide bonds. The van der Waals surface area contributed by atoms with Crippen LogP contribution < -0.4 is 5.73 Å². The summed E-state index contributed by atoms with van der Waals surface area (Å²) in [6, 6.07) is 1.77. The Balaban J connectivity index is 1.99. The Morgan fingerprint density at radius 1 is 1.43 bits per heavy atom. The molecule has 1 aromatic rings. The van der Waals surface area contributed by atoms with Crippen molar-refractivity contribution in [2.45, 2.75) is 45.1 Å². The van der Waals surface area contributed by atoms with Gasteiger partial charge in [-0.1, -0.05) is 11.6 Å². The van der Waals surface area contributed by atoms with E-state index in [1.54, 1.807) is 17.2 Å².